The fourth-order valence-electron chi connectivity index (χ4n) is 2.11. The fourth-order valence-corrected chi connectivity index (χ4v) is 3.24. The predicted octanol–water partition coefficient (Wildman–Crippen LogP) is 4.86. The quantitative estimate of drug-likeness (QED) is 0.786. The summed E-state index contributed by atoms with van der Waals surface area (Å²) in [6.07, 6.45) is 2.16. The first-order chi connectivity index (χ1) is 9.63. The van der Waals surface area contributed by atoms with Gasteiger partial charge in [-0.05, 0) is 42.7 Å². The minimum absolute atomic E-state index is 0.0688. The van der Waals surface area contributed by atoms with Crippen LogP contribution in [0, 0.1) is 0 Å². The molecule has 2 aromatic rings. The van der Waals surface area contributed by atoms with Crippen LogP contribution in [0.15, 0.2) is 36.4 Å². The Hall–Kier alpha value is -1.03. The molecule has 0 N–H and O–H groups in total. The van der Waals surface area contributed by atoms with Gasteiger partial charge in [0.05, 0.1) is 9.21 Å². The molecule has 0 radical (unpaired) electrons. The van der Waals surface area contributed by atoms with Gasteiger partial charge in [0.1, 0.15) is 0 Å². The van der Waals surface area contributed by atoms with Crippen molar-refractivity contribution in [2.24, 2.45) is 0 Å². The maximum absolute atomic E-state index is 12.6. The number of thiophene rings is 1. The SMILES string of the molecule is O=C(c1ccc(Cl)s1)N(Cc1ccc(Cl)cc1)C1CC1. The van der Waals surface area contributed by atoms with E-state index in [1.165, 1.54) is 11.3 Å². The molecule has 1 heterocycles. The van der Waals surface area contributed by atoms with Gasteiger partial charge in [0.15, 0.2) is 0 Å². The summed E-state index contributed by atoms with van der Waals surface area (Å²) in [5, 5.41) is 0.711. The molecule has 0 unspecified atom stereocenters. The zero-order valence-electron chi connectivity index (χ0n) is 10.7. The lowest BCUT2D eigenvalue weighted by molar-refractivity contribution is 0.0735. The summed E-state index contributed by atoms with van der Waals surface area (Å²) in [6, 6.07) is 11.6. The van der Waals surface area contributed by atoms with Crippen LogP contribution in [-0.2, 0) is 6.54 Å². The van der Waals surface area contributed by atoms with Crippen molar-refractivity contribution in [1.82, 2.24) is 4.90 Å². The van der Waals surface area contributed by atoms with Crippen molar-refractivity contribution < 1.29 is 4.79 Å². The van der Waals surface area contributed by atoms with Gasteiger partial charge in [0.25, 0.3) is 5.91 Å². The van der Waals surface area contributed by atoms with E-state index in [0.29, 0.717) is 26.8 Å². The highest BCUT2D eigenvalue weighted by Gasteiger charge is 2.33. The second-order valence-electron chi connectivity index (χ2n) is 4.89. The summed E-state index contributed by atoms with van der Waals surface area (Å²) in [5.41, 5.74) is 1.09. The number of carbonyl (C=O) groups is 1. The van der Waals surface area contributed by atoms with Gasteiger partial charge in [0, 0.05) is 17.6 Å². The van der Waals surface area contributed by atoms with Gasteiger partial charge < -0.3 is 4.90 Å². The van der Waals surface area contributed by atoms with E-state index in [2.05, 4.69) is 0 Å². The zero-order valence-corrected chi connectivity index (χ0v) is 13.0. The standard InChI is InChI=1S/C15H13Cl2NOS/c16-11-3-1-10(2-4-11)9-18(12-5-6-12)15(19)13-7-8-14(17)20-13/h1-4,7-8,12H,5-6,9H2. The number of amides is 1. The molecule has 0 atom stereocenters. The first-order valence-electron chi connectivity index (χ1n) is 6.44. The van der Waals surface area contributed by atoms with E-state index >= 15 is 0 Å². The summed E-state index contributed by atoms with van der Waals surface area (Å²) in [5.74, 6) is 0.0688. The van der Waals surface area contributed by atoms with E-state index in [1.807, 2.05) is 29.2 Å². The average molecular weight is 326 g/mol. The van der Waals surface area contributed by atoms with Gasteiger partial charge in [-0.3, -0.25) is 4.79 Å². The van der Waals surface area contributed by atoms with Crippen LogP contribution in [0.25, 0.3) is 0 Å². The van der Waals surface area contributed by atoms with E-state index in [0.717, 1.165) is 18.4 Å². The van der Waals surface area contributed by atoms with Crippen LogP contribution in [0.2, 0.25) is 9.36 Å². The molecule has 2 nitrogen and oxygen atoms in total. The van der Waals surface area contributed by atoms with Crippen LogP contribution in [0.4, 0.5) is 0 Å². The Morgan fingerprint density at radius 2 is 1.85 bits per heavy atom. The molecule has 5 heteroatoms. The molecule has 1 aliphatic carbocycles. The van der Waals surface area contributed by atoms with Gasteiger partial charge in [-0.15, -0.1) is 11.3 Å². The van der Waals surface area contributed by atoms with Crippen molar-refractivity contribution in [3.05, 3.63) is 56.2 Å². The topological polar surface area (TPSA) is 20.3 Å². The van der Waals surface area contributed by atoms with E-state index < -0.39 is 0 Å². The lowest BCUT2D eigenvalue weighted by Gasteiger charge is -2.22. The van der Waals surface area contributed by atoms with Crippen molar-refractivity contribution in [3.8, 4) is 0 Å². The molecular formula is C15H13Cl2NOS. The van der Waals surface area contributed by atoms with Gasteiger partial charge >= 0.3 is 0 Å². The summed E-state index contributed by atoms with van der Waals surface area (Å²) < 4.78 is 0.649. The number of rotatable bonds is 4. The van der Waals surface area contributed by atoms with Crippen molar-refractivity contribution in [1.29, 1.82) is 0 Å². The summed E-state index contributed by atoms with van der Waals surface area (Å²) in [7, 11) is 0. The summed E-state index contributed by atoms with van der Waals surface area (Å²) in [4.78, 5) is 15.2. The lowest BCUT2D eigenvalue weighted by Crippen LogP contribution is -2.32. The van der Waals surface area contributed by atoms with Crippen molar-refractivity contribution >= 4 is 40.4 Å². The monoisotopic (exact) mass is 325 g/mol. The first-order valence-corrected chi connectivity index (χ1v) is 8.01. The van der Waals surface area contributed by atoms with Crippen molar-refractivity contribution in [2.45, 2.75) is 25.4 Å². The molecule has 1 aliphatic rings. The van der Waals surface area contributed by atoms with E-state index in [9.17, 15) is 4.79 Å². The molecule has 3 rings (SSSR count). The van der Waals surface area contributed by atoms with Gasteiger partial charge in [0.2, 0.25) is 0 Å². The summed E-state index contributed by atoms with van der Waals surface area (Å²) in [6.45, 7) is 0.621. The second kappa shape index (κ2) is 5.76. The molecule has 0 saturated heterocycles. The predicted molar refractivity (Wildman–Crippen MR) is 83.7 cm³/mol. The Bertz CT molecular complexity index is 619. The highest BCUT2D eigenvalue weighted by Crippen LogP contribution is 2.32. The molecule has 0 spiro atoms. The molecule has 1 saturated carbocycles. The Morgan fingerprint density at radius 1 is 1.15 bits per heavy atom. The van der Waals surface area contributed by atoms with Crippen LogP contribution in [0.1, 0.15) is 28.1 Å². The highest BCUT2D eigenvalue weighted by atomic mass is 35.5. The normalized spacial score (nSPS) is 14.3. The molecule has 1 fully saturated rings. The third-order valence-electron chi connectivity index (χ3n) is 3.30. The van der Waals surface area contributed by atoms with Crippen LogP contribution < -0.4 is 0 Å². The Labute approximate surface area is 131 Å². The minimum atomic E-state index is 0.0688. The first kappa shape index (κ1) is 13.9. The number of halogens is 2. The van der Waals surface area contributed by atoms with Gasteiger partial charge in [-0.2, -0.15) is 0 Å². The Morgan fingerprint density at radius 3 is 2.40 bits per heavy atom. The molecule has 20 heavy (non-hydrogen) atoms. The van der Waals surface area contributed by atoms with Crippen LogP contribution in [-0.4, -0.2) is 16.8 Å². The third-order valence-corrected chi connectivity index (χ3v) is 4.77. The summed E-state index contributed by atoms with van der Waals surface area (Å²) >= 11 is 13.1. The minimum Gasteiger partial charge on any atom is -0.331 e. The van der Waals surface area contributed by atoms with Crippen LogP contribution >= 0.6 is 34.5 Å². The second-order valence-corrected chi connectivity index (χ2v) is 7.05. The molecule has 0 bridgehead atoms. The molecule has 1 aromatic heterocycles. The van der Waals surface area contributed by atoms with Crippen LogP contribution in [0.5, 0.6) is 0 Å². The number of benzene rings is 1. The molecule has 104 valence electrons. The Balaban J connectivity index is 1.79. The maximum Gasteiger partial charge on any atom is 0.264 e. The molecule has 0 aliphatic heterocycles. The van der Waals surface area contributed by atoms with Gasteiger partial charge in [-0.1, -0.05) is 35.3 Å². The van der Waals surface area contributed by atoms with Crippen LogP contribution in [0.3, 0.4) is 0 Å². The number of hydrogen-bond donors (Lipinski definition) is 0. The lowest BCUT2D eigenvalue weighted by atomic mass is 10.2. The molecule has 1 aromatic carbocycles. The molecular weight excluding hydrogens is 313 g/mol. The maximum atomic E-state index is 12.6. The smallest absolute Gasteiger partial charge is 0.264 e. The fraction of sp³-hybridized carbons (Fsp3) is 0.267. The zero-order chi connectivity index (χ0) is 14.1. The number of hydrogen-bond acceptors (Lipinski definition) is 2. The molecule has 1 amide bonds. The Kier molecular flexibility index (Phi) is 4.01. The highest BCUT2D eigenvalue weighted by molar-refractivity contribution is 7.17. The van der Waals surface area contributed by atoms with E-state index in [4.69, 9.17) is 23.2 Å². The third kappa shape index (κ3) is 3.17. The number of carbonyl (C=O) groups excluding carboxylic acids is 1. The average Bonchev–Trinajstić information content (AvgIpc) is 3.19. The van der Waals surface area contributed by atoms with E-state index in [1.54, 1.807) is 12.1 Å². The largest absolute Gasteiger partial charge is 0.331 e. The van der Waals surface area contributed by atoms with Gasteiger partial charge in [-0.25, -0.2) is 0 Å². The number of nitrogens with zero attached hydrogens (tertiary/aromatic N) is 1. The van der Waals surface area contributed by atoms with Crippen molar-refractivity contribution in [2.75, 3.05) is 0 Å². The van der Waals surface area contributed by atoms with Crippen molar-refractivity contribution in [3.63, 3.8) is 0 Å². The van der Waals surface area contributed by atoms with E-state index in [-0.39, 0.29) is 5.91 Å².